The smallest absolute Gasteiger partial charge is 0.314 e. The lowest BCUT2D eigenvalue weighted by Crippen LogP contribution is -1.94. The fourth-order valence-corrected chi connectivity index (χ4v) is 0.686. The van der Waals surface area contributed by atoms with Gasteiger partial charge in [-0.25, -0.2) is 9.97 Å². The number of esters is 2. The number of nitrogens with zero attached hydrogens (tertiary/aromatic N) is 2. The van der Waals surface area contributed by atoms with Crippen molar-refractivity contribution >= 4 is 11.9 Å². The number of ether oxygens (including phenoxy) is 1. The summed E-state index contributed by atoms with van der Waals surface area (Å²) in [6, 6.07) is 1.78. The Hall–Kier alpha value is -1.78. The first-order chi connectivity index (χ1) is 6.29. The monoisotopic (exact) mass is 180 g/mol. The van der Waals surface area contributed by atoms with E-state index in [-0.39, 0.29) is 12.8 Å². The van der Waals surface area contributed by atoms with Crippen LogP contribution in [0, 0.1) is 0 Å². The van der Waals surface area contributed by atoms with Crippen LogP contribution in [0.15, 0.2) is 24.8 Å². The molecule has 0 spiro atoms. The average molecular weight is 180 g/mol. The molecule has 5 nitrogen and oxygen atoms in total. The van der Waals surface area contributed by atoms with Crippen molar-refractivity contribution < 1.29 is 14.3 Å². The third kappa shape index (κ3) is 3.95. The number of aromatic nitrogens is 2. The van der Waals surface area contributed by atoms with Gasteiger partial charge < -0.3 is 4.74 Å². The van der Waals surface area contributed by atoms with Crippen LogP contribution in [0.3, 0.4) is 0 Å². The Morgan fingerprint density at radius 1 is 1.08 bits per heavy atom. The Bertz CT molecular complexity index is 246. The standard InChI is InChI=1S/C4H4N2.C4H4O3/c1-2-5-4-6-3-1;5-3-1-2-4(6)7-3/h1-4H;1-2H2. The van der Waals surface area contributed by atoms with Crippen LogP contribution >= 0.6 is 0 Å². The number of carbonyl (C=O) groups is 2. The summed E-state index contributed by atoms with van der Waals surface area (Å²) in [5, 5.41) is 0. The lowest BCUT2D eigenvalue weighted by Gasteiger charge is -1.79. The number of hydrogen-bond acceptors (Lipinski definition) is 5. The maximum atomic E-state index is 10.0. The number of rotatable bonds is 0. The molecule has 0 radical (unpaired) electrons. The zero-order valence-corrected chi connectivity index (χ0v) is 6.84. The minimum atomic E-state index is -0.398. The second-order valence-corrected chi connectivity index (χ2v) is 2.25. The second-order valence-electron chi connectivity index (χ2n) is 2.25. The first-order valence-electron chi connectivity index (χ1n) is 3.72. The quantitative estimate of drug-likeness (QED) is 0.425. The van der Waals surface area contributed by atoms with E-state index >= 15 is 0 Å². The summed E-state index contributed by atoms with van der Waals surface area (Å²) in [6.07, 6.45) is 5.40. The van der Waals surface area contributed by atoms with E-state index < -0.39 is 11.9 Å². The molecule has 0 N–H and O–H groups in total. The van der Waals surface area contributed by atoms with E-state index in [4.69, 9.17) is 0 Å². The highest BCUT2D eigenvalue weighted by Crippen LogP contribution is 2.03. The Balaban J connectivity index is 0.000000132. The fourth-order valence-electron chi connectivity index (χ4n) is 0.686. The molecule has 1 fully saturated rings. The molecule has 0 saturated carbocycles. The van der Waals surface area contributed by atoms with Gasteiger partial charge in [-0.05, 0) is 6.07 Å². The van der Waals surface area contributed by atoms with Crippen LogP contribution in [-0.4, -0.2) is 21.9 Å². The van der Waals surface area contributed by atoms with Crippen molar-refractivity contribution in [1.82, 2.24) is 9.97 Å². The van der Waals surface area contributed by atoms with Crippen molar-refractivity contribution in [2.24, 2.45) is 0 Å². The number of carbonyl (C=O) groups excluding carboxylic acids is 2. The molecule has 1 aromatic heterocycles. The molecule has 1 saturated heterocycles. The Labute approximate surface area is 74.8 Å². The molecular weight excluding hydrogens is 172 g/mol. The topological polar surface area (TPSA) is 69.2 Å². The van der Waals surface area contributed by atoms with Crippen LogP contribution in [-0.2, 0) is 14.3 Å². The summed E-state index contributed by atoms with van der Waals surface area (Å²) in [7, 11) is 0. The lowest BCUT2D eigenvalue weighted by atomic mass is 10.4. The van der Waals surface area contributed by atoms with Gasteiger partial charge in [0.25, 0.3) is 0 Å². The summed E-state index contributed by atoms with van der Waals surface area (Å²) >= 11 is 0. The van der Waals surface area contributed by atoms with E-state index in [1.807, 2.05) is 0 Å². The summed E-state index contributed by atoms with van der Waals surface area (Å²) in [5.74, 6) is -0.796. The third-order valence-corrected chi connectivity index (χ3v) is 1.24. The Morgan fingerprint density at radius 2 is 1.62 bits per heavy atom. The van der Waals surface area contributed by atoms with Crippen molar-refractivity contribution in [3.05, 3.63) is 24.8 Å². The van der Waals surface area contributed by atoms with Crippen LogP contribution < -0.4 is 0 Å². The molecule has 5 heteroatoms. The maximum absolute atomic E-state index is 10.0. The largest absolute Gasteiger partial charge is 0.393 e. The van der Waals surface area contributed by atoms with Crippen LogP contribution in [0.4, 0.5) is 0 Å². The highest BCUT2D eigenvalue weighted by atomic mass is 16.6. The normalized spacial score (nSPS) is 14.5. The highest BCUT2D eigenvalue weighted by Gasteiger charge is 2.19. The van der Waals surface area contributed by atoms with Gasteiger partial charge in [-0.15, -0.1) is 0 Å². The van der Waals surface area contributed by atoms with Gasteiger partial charge in [0.15, 0.2) is 0 Å². The zero-order chi connectivity index (χ0) is 9.52. The molecule has 0 bridgehead atoms. The van der Waals surface area contributed by atoms with Gasteiger partial charge in [0.05, 0.1) is 12.8 Å². The van der Waals surface area contributed by atoms with Crippen molar-refractivity contribution in [3.63, 3.8) is 0 Å². The summed E-state index contributed by atoms with van der Waals surface area (Å²) in [4.78, 5) is 27.4. The predicted octanol–water partition coefficient (Wildman–Crippen LogP) is 0.327. The Morgan fingerprint density at radius 3 is 1.77 bits per heavy atom. The molecule has 2 rings (SSSR count). The molecule has 0 unspecified atom stereocenters. The van der Waals surface area contributed by atoms with Gasteiger partial charge >= 0.3 is 11.9 Å². The zero-order valence-electron chi connectivity index (χ0n) is 6.84. The molecule has 68 valence electrons. The van der Waals surface area contributed by atoms with Crippen molar-refractivity contribution in [2.45, 2.75) is 12.8 Å². The van der Waals surface area contributed by atoms with Crippen molar-refractivity contribution in [1.29, 1.82) is 0 Å². The summed E-state index contributed by atoms with van der Waals surface area (Å²) in [5.41, 5.74) is 0. The van der Waals surface area contributed by atoms with Gasteiger partial charge in [-0.1, -0.05) is 0 Å². The minimum Gasteiger partial charge on any atom is -0.393 e. The fraction of sp³-hybridized carbons (Fsp3) is 0.250. The Kier molecular flexibility index (Phi) is 3.56. The molecule has 1 aliphatic rings. The number of hydrogen-bond donors (Lipinski definition) is 0. The highest BCUT2D eigenvalue weighted by molar-refractivity contribution is 5.92. The van der Waals surface area contributed by atoms with E-state index in [1.165, 1.54) is 6.33 Å². The molecule has 1 aromatic rings. The van der Waals surface area contributed by atoms with E-state index in [0.717, 1.165) is 0 Å². The van der Waals surface area contributed by atoms with Crippen LogP contribution in [0.2, 0.25) is 0 Å². The molecule has 0 aliphatic carbocycles. The van der Waals surface area contributed by atoms with Crippen LogP contribution in [0.5, 0.6) is 0 Å². The summed E-state index contributed by atoms with van der Waals surface area (Å²) < 4.78 is 4.08. The molecule has 2 heterocycles. The van der Waals surface area contributed by atoms with Crippen LogP contribution in [0.1, 0.15) is 12.8 Å². The maximum Gasteiger partial charge on any atom is 0.314 e. The lowest BCUT2D eigenvalue weighted by molar-refractivity contribution is -0.151. The molecule has 1 aliphatic heterocycles. The molecule has 0 aromatic carbocycles. The van der Waals surface area contributed by atoms with Gasteiger partial charge in [0.2, 0.25) is 0 Å². The summed E-state index contributed by atoms with van der Waals surface area (Å²) in [6.45, 7) is 0. The van der Waals surface area contributed by atoms with E-state index in [1.54, 1.807) is 18.5 Å². The van der Waals surface area contributed by atoms with Gasteiger partial charge in [-0.3, -0.25) is 9.59 Å². The first-order valence-corrected chi connectivity index (χ1v) is 3.72. The molecule has 0 amide bonds. The van der Waals surface area contributed by atoms with Crippen LogP contribution in [0.25, 0.3) is 0 Å². The average Bonchev–Trinajstić information content (AvgIpc) is 2.54. The SMILES string of the molecule is O=C1CCC(=O)O1.c1cncnc1. The van der Waals surface area contributed by atoms with Gasteiger partial charge in [0, 0.05) is 12.4 Å². The first kappa shape index (κ1) is 9.31. The van der Waals surface area contributed by atoms with Gasteiger partial charge in [-0.2, -0.15) is 0 Å². The van der Waals surface area contributed by atoms with Gasteiger partial charge in [0.1, 0.15) is 6.33 Å². The second kappa shape index (κ2) is 4.97. The molecule has 13 heavy (non-hydrogen) atoms. The van der Waals surface area contributed by atoms with E-state index in [9.17, 15) is 9.59 Å². The van der Waals surface area contributed by atoms with Crippen molar-refractivity contribution in [2.75, 3.05) is 0 Å². The predicted molar refractivity (Wildman–Crippen MR) is 42.4 cm³/mol. The third-order valence-electron chi connectivity index (χ3n) is 1.24. The molecular formula is C8H8N2O3. The van der Waals surface area contributed by atoms with E-state index in [0.29, 0.717) is 0 Å². The van der Waals surface area contributed by atoms with Crippen molar-refractivity contribution in [3.8, 4) is 0 Å². The molecule has 0 atom stereocenters. The minimum absolute atomic E-state index is 0.263. The number of cyclic esters (lactones) is 2. The van der Waals surface area contributed by atoms with E-state index in [2.05, 4.69) is 14.7 Å².